The van der Waals surface area contributed by atoms with Crippen LogP contribution in [0.4, 0.5) is 0 Å². The van der Waals surface area contributed by atoms with Crippen LogP contribution in [-0.4, -0.2) is 16.7 Å². The van der Waals surface area contributed by atoms with Crippen molar-refractivity contribution >= 4 is 22.6 Å². The second-order valence-electron chi connectivity index (χ2n) is 1.15. The van der Waals surface area contributed by atoms with Gasteiger partial charge in [-0.3, -0.25) is 4.21 Å². The van der Waals surface area contributed by atoms with Crippen molar-refractivity contribution in [3.63, 3.8) is 0 Å². The maximum Gasteiger partial charge on any atom is 1.00 e. The van der Waals surface area contributed by atoms with Crippen molar-refractivity contribution in [1.29, 1.82) is 0 Å². The minimum Gasteiger partial charge on any atom is -0.339 e. The second-order valence-corrected chi connectivity index (χ2v) is 3.95. The predicted octanol–water partition coefficient (Wildman–Crippen LogP) is -1.76. The summed E-state index contributed by atoms with van der Waals surface area (Å²) >= 11 is 1.55. The maximum atomic E-state index is 10.4. The fourth-order valence-corrected chi connectivity index (χ4v) is 1.06. The summed E-state index contributed by atoms with van der Waals surface area (Å²) in [7, 11) is -0.731. The minimum atomic E-state index is -0.731. The summed E-state index contributed by atoms with van der Waals surface area (Å²) in [6, 6.07) is 0. The molecular formula is C4H9LiOS2. The normalized spacial score (nSPS) is 13.0. The first kappa shape index (κ1) is 11.8. The molecule has 1 atom stereocenters. The van der Waals surface area contributed by atoms with Crippen molar-refractivity contribution in [3.05, 3.63) is 4.58 Å². The van der Waals surface area contributed by atoms with E-state index in [0.717, 1.165) is 4.58 Å². The standard InChI is InChI=1S/C4H9OS2.Li/c1-4(6-2)7(3)5;/h1-3H3;/q-1;+1. The van der Waals surface area contributed by atoms with E-state index in [0.29, 0.717) is 0 Å². The Morgan fingerprint density at radius 1 is 1.62 bits per heavy atom. The fourth-order valence-electron chi connectivity index (χ4n) is 0.117. The molecule has 0 bridgehead atoms. The van der Waals surface area contributed by atoms with Crippen LogP contribution in [0, 0.1) is 4.58 Å². The number of hydrogen-bond acceptors (Lipinski definition) is 2. The van der Waals surface area contributed by atoms with E-state index in [1.807, 2.05) is 13.2 Å². The zero-order valence-corrected chi connectivity index (χ0v) is 7.36. The van der Waals surface area contributed by atoms with Crippen LogP contribution in [0.3, 0.4) is 0 Å². The van der Waals surface area contributed by atoms with Crippen molar-refractivity contribution in [3.8, 4) is 0 Å². The molecule has 4 heteroatoms. The summed E-state index contributed by atoms with van der Waals surface area (Å²) in [4.78, 5) is 0. The van der Waals surface area contributed by atoms with E-state index in [-0.39, 0.29) is 18.9 Å². The molecule has 0 spiro atoms. The molecule has 0 aromatic heterocycles. The number of rotatable bonds is 2. The molecule has 0 radical (unpaired) electrons. The van der Waals surface area contributed by atoms with Crippen molar-refractivity contribution in [2.75, 3.05) is 12.5 Å². The van der Waals surface area contributed by atoms with Gasteiger partial charge in [0.05, 0.1) is 0 Å². The van der Waals surface area contributed by atoms with E-state index in [4.69, 9.17) is 0 Å². The van der Waals surface area contributed by atoms with Crippen LogP contribution >= 0.6 is 11.8 Å². The molecule has 1 nitrogen and oxygen atoms in total. The Morgan fingerprint density at radius 3 is 2.00 bits per heavy atom. The molecule has 0 aromatic rings. The van der Waals surface area contributed by atoms with E-state index in [1.165, 1.54) is 0 Å². The average molecular weight is 144 g/mol. The summed E-state index contributed by atoms with van der Waals surface area (Å²) in [5, 5.41) is 0. The molecule has 1 unspecified atom stereocenters. The zero-order valence-electron chi connectivity index (χ0n) is 5.72. The van der Waals surface area contributed by atoms with Gasteiger partial charge in [0.15, 0.2) is 0 Å². The molecule has 0 fully saturated rings. The van der Waals surface area contributed by atoms with Gasteiger partial charge in [-0.25, -0.2) is 0 Å². The van der Waals surface area contributed by atoms with E-state index in [9.17, 15) is 4.21 Å². The van der Waals surface area contributed by atoms with Gasteiger partial charge in [-0.1, -0.05) is 0 Å². The van der Waals surface area contributed by atoms with Crippen LogP contribution in [0.15, 0.2) is 0 Å². The van der Waals surface area contributed by atoms with Gasteiger partial charge in [0.25, 0.3) is 0 Å². The van der Waals surface area contributed by atoms with Crippen molar-refractivity contribution in [1.82, 2.24) is 0 Å². The number of hydrogen-bond donors (Lipinski definition) is 0. The van der Waals surface area contributed by atoms with Crippen LogP contribution in [0.2, 0.25) is 0 Å². The van der Waals surface area contributed by atoms with E-state index < -0.39 is 10.8 Å². The topological polar surface area (TPSA) is 17.1 Å². The summed E-state index contributed by atoms with van der Waals surface area (Å²) < 4.78 is 11.4. The second kappa shape index (κ2) is 6.22. The average Bonchev–Trinajstić information content (AvgIpc) is 1.65. The van der Waals surface area contributed by atoms with Gasteiger partial charge >= 0.3 is 18.9 Å². The molecule has 0 aliphatic carbocycles. The molecule has 0 aromatic carbocycles. The van der Waals surface area contributed by atoms with Gasteiger partial charge in [-0.15, -0.1) is 10.8 Å². The first-order valence-corrected chi connectivity index (χ1v) is 4.67. The SMILES string of the molecule is CS[C-](C)S(C)=O.[Li+]. The molecule has 44 valence electrons. The Balaban J connectivity index is 0. The molecule has 0 aliphatic rings. The van der Waals surface area contributed by atoms with Gasteiger partial charge < -0.3 is 11.8 Å². The largest absolute Gasteiger partial charge is 1.00 e. The maximum absolute atomic E-state index is 10.4. The summed E-state index contributed by atoms with van der Waals surface area (Å²) in [6.45, 7) is 1.88. The smallest absolute Gasteiger partial charge is 0.339 e. The third-order valence-corrected chi connectivity index (χ3v) is 3.28. The van der Waals surface area contributed by atoms with Crippen LogP contribution in [0.5, 0.6) is 0 Å². The molecule has 0 rings (SSSR count). The van der Waals surface area contributed by atoms with E-state index in [1.54, 1.807) is 18.0 Å². The molecular weight excluding hydrogens is 135 g/mol. The monoisotopic (exact) mass is 144 g/mol. The first-order valence-electron chi connectivity index (χ1n) is 1.89. The molecule has 0 N–H and O–H groups in total. The van der Waals surface area contributed by atoms with Gasteiger partial charge in [0, 0.05) is 0 Å². The van der Waals surface area contributed by atoms with E-state index in [2.05, 4.69) is 0 Å². The quantitative estimate of drug-likeness (QED) is 0.337. The Labute approximate surface area is 69.6 Å². The van der Waals surface area contributed by atoms with Crippen LogP contribution in [0.1, 0.15) is 6.92 Å². The summed E-state index contributed by atoms with van der Waals surface area (Å²) in [5.74, 6) is 0. The third kappa shape index (κ3) is 5.24. The van der Waals surface area contributed by atoms with Crippen molar-refractivity contribution in [2.24, 2.45) is 0 Å². The van der Waals surface area contributed by atoms with E-state index >= 15 is 0 Å². The molecule has 0 aliphatic heterocycles. The molecule has 0 saturated heterocycles. The predicted molar refractivity (Wildman–Crippen MR) is 36.5 cm³/mol. The molecule has 0 saturated carbocycles. The molecule has 0 amide bonds. The Kier molecular flexibility index (Phi) is 9.21. The Morgan fingerprint density at radius 2 is 2.00 bits per heavy atom. The zero-order chi connectivity index (χ0) is 5.86. The summed E-state index contributed by atoms with van der Waals surface area (Å²) in [6.07, 6.45) is 3.61. The van der Waals surface area contributed by atoms with Gasteiger partial charge in [-0.05, 0) is 12.5 Å². The van der Waals surface area contributed by atoms with Crippen LogP contribution in [-0.2, 0) is 10.8 Å². The van der Waals surface area contributed by atoms with Gasteiger partial charge in [0.1, 0.15) is 0 Å². The van der Waals surface area contributed by atoms with Crippen LogP contribution < -0.4 is 18.9 Å². The summed E-state index contributed by atoms with van der Waals surface area (Å²) in [5.41, 5.74) is 0. The molecule has 8 heavy (non-hydrogen) atoms. The van der Waals surface area contributed by atoms with Crippen molar-refractivity contribution < 1.29 is 23.1 Å². The Hall–Kier alpha value is 1.10. The first-order chi connectivity index (χ1) is 3.18. The van der Waals surface area contributed by atoms with Crippen LogP contribution in [0.25, 0.3) is 0 Å². The fraction of sp³-hybridized carbons (Fsp3) is 0.750. The van der Waals surface area contributed by atoms with Crippen molar-refractivity contribution in [2.45, 2.75) is 6.92 Å². The minimum absolute atomic E-state index is 0. The molecule has 0 heterocycles. The van der Waals surface area contributed by atoms with Gasteiger partial charge in [0.2, 0.25) is 0 Å². The third-order valence-electron chi connectivity index (χ3n) is 0.692. The van der Waals surface area contributed by atoms with Gasteiger partial charge in [-0.2, -0.15) is 11.5 Å². The number of thioether (sulfide) groups is 1. The Bertz CT molecular complexity index is 76.4.